The molecule has 0 atom stereocenters. The van der Waals surface area contributed by atoms with Crippen LogP contribution in [0.15, 0.2) is 25.3 Å². The molecule has 0 saturated heterocycles. The fourth-order valence-corrected chi connectivity index (χ4v) is 1.46. The summed E-state index contributed by atoms with van der Waals surface area (Å²) in [4.78, 5) is 21.9. The quantitative estimate of drug-likeness (QED) is 0.311. The molecular formula is C17H28O6. The molecule has 0 radical (unpaired) electrons. The largest absolute Gasteiger partial charge is 0.462 e. The zero-order chi connectivity index (χ0) is 17.9. The van der Waals surface area contributed by atoms with Crippen LogP contribution in [0.5, 0.6) is 0 Å². The second-order valence-electron chi connectivity index (χ2n) is 6.15. The Morgan fingerprint density at radius 1 is 0.826 bits per heavy atom. The highest BCUT2D eigenvalue weighted by Crippen LogP contribution is 2.19. The van der Waals surface area contributed by atoms with Crippen LogP contribution in [0, 0.1) is 0 Å². The molecule has 0 unspecified atom stereocenters. The maximum atomic E-state index is 11.0. The van der Waals surface area contributed by atoms with Gasteiger partial charge in [0, 0.05) is 18.6 Å². The molecule has 132 valence electrons. The maximum Gasteiger partial charge on any atom is 0.330 e. The first-order valence-electron chi connectivity index (χ1n) is 7.48. The monoisotopic (exact) mass is 328 g/mol. The van der Waals surface area contributed by atoms with Gasteiger partial charge in [0.25, 0.3) is 0 Å². The molecule has 0 heterocycles. The van der Waals surface area contributed by atoms with Crippen LogP contribution in [0.3, 0.4) is 0 Å². The Balaban J connectivity index is 4.04. The Hall–Kier alpha value is -1.66. The van der Waals surface area contributed by atoms with Gasteiger partial charge in [-0.15, -0.1) is 0 Å². The number of esters is 2. The highest BCUT2D eigenvalue weighted by atomic mass is 16.6. The van der Waals surface area contributed by atoms with Crippen LogP contribution in [0.25, 0.3) is 0 Å². The molecule has 0 spiro atoms. The van der Waals surface area contributed by atoms with E-state index in [2.05, 4.69) is 13.2 Å². The van der Waals surface area contributed by atoms with E-state index in [1.54, 1.807) is 0 Å². The van der Waals surface area contributed by atoms with Gasteiger partial charge in [0.2, 0.25) is 0 Å². The molecule has 0 aliphatic carbocycles. The summed E-state index contributed by atoms with van der Waals surface area (Å²) in [6.45, 7) is 15.3. The minimum atomic E-state index is -0.532. The second-order valence-corrected chi connectivity index (χ2v) is 6.15. The van der Waals surface area contributed by atoms with Crippen LogP contribution < -0.4 is 0 Å². The van der Waals surface area contributed by atoms with Crippen LogP contribution in [0.1, 0.15) is 34.1 Å². The lowest BCUT2D eigenvalue weighted by atomic mass is 10.0. The Labute approximate surface area is 138 Å². The van der Waals surface area contributed by atoms with Gasteiger partial charge in [-0.2, -0.15) is 0 Å². The maximum absolute atomic E-state index is 11.0. The zero-order valence-corrected chi connectivity index (χ0v) is 14.6. The molecular weight excluding hydrogens is 300 g/mol. The van der Waals surface area contributed by atoms with Crippen molar-refractivity contribution in [1.82, 2.24) is 0 Å². The predicted molar refractivity (Wildman–Crippen MR) is 87.0 cm³/mol. The van der Waals surface area contributed by atoms with Gasteiger partial charge < -0.3 is 18.9 Å². The van der Waals surface area contributed by atoms with E-state index < -0.39 is 23.1 Å². The van der Waals surface area contributed by atoms with E-state index in [1.165, 1.54) is 0 Å². The summed E-state index contributed by atoms with van der Waals surface area (Å²) in [5.74, 6) is -0.920. The van der Waals surface area contributed by atoms with E-state index >= 15 is 0 Å². The average Bonchev–Trinajstić information content (AvgIpc) is 2.49. The third-order valence-corrected chi connectivity index (χ3v) is 2.91. The third kappa shape index (κ3) is 11.5. The van der Waals surface area contributed by atoms with Crippen molar-refractivity contribution < 1.29 is 28.5 Å². The fraction of sp³-hybridized carbons (Fsp3) is 0.647. The Morgan fingerprint density at radius 3 is 1.87 bits per heavy atom. The smallest absolute Gasteiger partial charge is 0.330 e. The first-order chi connectivity index (χ1) is 10.6. The number of rotatable bonds is 12. The Kier molecular flexibility index (Phi) is 9.44. The van der Waals surface area contributed by atoms with Gasteiger partial charge in [-0.3, -0.25) is 0 Å². The topological polar surface area (TPSA) is 71.1 Å². The van der Waals surface area contributed by atoms with Crippen molar-refractivity contribution in [3.63, 3.8) is 0 Å². The highest BCUT2D eigenvalue weighted by molar-refractivity contribution is 5.81. The van der Waals surface area contributed by atoms with Crippen molar-refractivity contribution in [3.8, 4) is 0 Å². The second kappa shape index (κ2) is 10.2. The number of carbonyl (C=O) groups is 2. The molecule has 0 rings (SSSR count). The summed E-state index contributed by atoms with van der Waals surface area (Å²) in [6.07, 6.45) is 2.79. The molecule has 6 heteroatoms. The van der Waals surface area contributed by atoms with Crippen molar-refractivity contribution in [3.05, 3.63) is 25.3 Å². The van der Waals surface area contributed by atoms with Gasteiger partial charge in [0.15, 0.2) is 0 Å². The molecule has 0 amide bonds. The highest BCUT2D eigenvalue weighted by Gasteiger charge is 2.25. The van der Waals surface area contributed by atoms with Crippen LogP contribution in [-0.4, -0.2) is 49.6 Å². The minimum Gasteiger partial charge on any atom is -0.462 e. The Morgan fingerprint density at radius 2 is 1.35 bits per heavy atom. The van der Waals surface area contributed by atoms with Crippen LogP contribution in [0.4, 0.5) is 0 Å². The molecule has 6 nitrogen and oxygen atoms in total. The first-order valence-corrected chi connectivity index (χ1v) is 7.48. The van der Waals surface area contributed by atoms with E-state index in [9.17, 15) is 9.59 Å². The van der Waals surface area contributed by atoms with E-state index in [4.69, 9.17) is 18.9 Å². The van der Waals surface area contributed by atoms with E-state index in [0.717, 1.165) is 12.2 Å². The normalized spacial score (nSPS) is 11.7. The van der Waals surface area contributed by atoms with Crippen LogP contribution in [0.2, 0.25) is 0 Å². The standard InChI is InChI=1S/C17H28O6/c1-7-14(18)20-10-9-16(3,4)23-13-17(5,6)22-12-11-21-15(19)8-2/h7-8H,1-2,9-13H2,3-6H3. The summed E-state index contributed by atoms with van der Waals surface area (Å²) >= 11 is 0. The van der Waals surface area contributed by atoms with Crippen molar-refractivity contribution in [2.24, 2.45) is 0 Å². The molecule has 0 fully saturated rings. The summed E-state index contributed by atoms with van der Waals surface area (Å²) < 4.78 is 21.3. The SMILES string of the molecule is C=CC(=O)OCCOC(C)(C)COC(C)(C)CCOC(=O)C=C. The van der Waals surface area contributed by atoms with Crippen LogP contribution in [-0.2, 0) is 28.5 Å². The number of ether oxygens (including phenoxy) is 4. The van der Waals surface area contributed by atoms with Gasteiger partial charge in [-0.25, -0.2) is 9.59 Å². The summed E-state index contributed by atoms with van der Waals surface area (Å²) in [7, 11) is 0. The zero-order valence-electron chi connectivity index (χ0n) is 14.6. The molecule has 0 saturated carbocycles. The number of hydrogen-bond acceptors (Lipinski definition) is 6. The van der Waals surface area contributed by atoms with Crippen molar-refractivity contribution in [2.45, 2.75) is 45.3 Å². The van der Waals surface area contributed by atoms with Gasteiger partial charge >= 0.3 is 11.9 Å². The summed E-state index contributed by atoms with van der Waals surface area (Å²) in [6, 6.07) is 0. The predicted octanol–water partition coefficient (Wildman–Crippen LogP) is 2.43. The van der Waals surface area contributed by atoms with Crippen molar-refractivity contribution in [2.75, 3.05) is 26.4 Å². The summed E-state index contributed by atoms with van der Waals surface area (Å²) in [5, 5.41) is 0. The summed E-state index contributed by atoms with van der Waals surface area (Å²) in [5.41, 5.74) is -0.993. The molecule has 0 aliphatic rings. The third-order valence-electron chi connectivity index (χ3n) is 2.91. The number of carbonyl (C=O) groups excluding carboxylic acids is 2. The molecule has 0 aromatic carbocycles. The molecule has 23 heavy (non-hydrogen) atoms. The van der Waals surface area contributed by atoms with Crippen molar-refractivity contribution >= 4 is 11.9 Å². The molecule has 0 aromatic heterocycles. The number of hydrogen-bond donors (Lipinski definition) is 0. The van der Waals surface area contributed by atoms with E-state index in [1.807, 2.05) is 27.7 Å². The van der Waals surface area contributed by atoms with Gasteiger partial charge in [-0.1, -0.05) is 13.2 Å². The first kappa shape index (κ1) is 21.3. The van der Waals surface area contributed by atoms with Crippen LogP contribution >= 0.6 is 0 Å². The van der Waals surface area contributed by atoms with Gasteiger partial charge in [0.1, 0.15) is 6.61 Å². The average molecular weight is 328 g/mol. The fourth-order valence-electron chi connectivity index (χ4n) is 1.46. The van der Waals surface area contributed by atoms with E-state index in [-0.39, 0.29) is 19.8 Å². The van der Waals surface area contributed by atoms with Gasteiger partial charge in [0.05, 0.1) is 31.0 Å². The Bertz CT molecular complexity index is 411. The van der Waals surface area contributed by atoms with Crippen molar-refractivity contribution in [1.29, 1.82) is 0 Å². The molecule has 0 aromatic rings. The lowest BCUT2D eigenvalue weighted by Gasteiger charge is -2.32. The van der Waals surface area contributed by atoms with E-state index in [0.29, 0.717) is 13.0 Å². The lowest BCUT2D eigenvalue weighted by molar-refractivity contribution is -0.149. The minimum absolute atomic E-state index is 0.162. The van der Waals surface area contributed by atoms with Gasteiger partial charge in [-0.05, 0) is 27.7 Å². The lowest BCUT2D eigenvalue weighted by Crippen LogP contribution is -2.38. The molecule has 0 bridgehead atoms. The molecule has 0 aliphatic heterocycles. The molecule has 0 N–H and O–H groups in total.